The van der Waals surface area contributed by atoms with Gasteiger partial charge in [0.25, 0.3) is 0 Å². The zero-order valence-corrected chi connectivity index (χ0v) is 13.1. The summed E-state index contributed by atoms with van der Waals surface area (Å²) in [4.78, 5) is 0. The second-order valence-electron chi connectivity index (χ2n) is 6.36. The highest BCUT2D eigenvalue weighted by Gasteiger charge is 2.52. The largest absolute Gasteiger partial charge is 0.497 e. The van der Waals surface area contributed by atoms with E-state index in [0.717, 1.165) is 10.6 Å². The number of pyridine rings is 1. The highest BCUT2D eigenvalue weighted by molar-refractivity contribution is 6.62. The van der Waals surface area contributed by atoms with Gasteiger partial charge in [-0.05, 0) is 33.8 Å². The van der Waals surface area contributed by atoms with Crippen LogP contribution in [-0.4, -0.2) is 34.5 Å². The summed E-state index contributed by atoms with van der Waals surface area (Å²) in [6, 6.07) is 2.56. The van der Waals surface area contributed by atoms with Crippen molar-refractivity contribution in [3.05, 3.63) is 24.1 Å². The minimum Gasteiger partial charge on any atom is -0.415 e. The van der Waals surface area contributed by atoms with Crippen LogP contribution in [-0.2, 0) is 9.31 Å². The van der Waals surface area contributed by atoms with Gasteiger partial charge < -0.3 is 14.0 Å². The van der Waals surface area contributed by atoms with Gasteiger partial charge in [-0.2, -0.15) is 8.78 Å². The molecule has 3 heterocycles. The standard InChI is InChI=1S/C14H16BF3N2O3/c1-13(2)14(3,4)23-15(22-13)8-5-6-20-9(11(8)16)7-10(19-20)21-12(17)18/h5-7,12H,1-4H3. The van der Waals surface area contributed by atoms with Crippen molar-refractivity contribution in [2.24, 2.45) is 0 Å². The summed E-state index contributed by atoms with van der Waals surface area (Å²) in [5.41, 5.74) is -1.03. The predicted octanol–water partition coefficient (Wildman–Crippen LogP) is 2.37. The first-order valence-corrected chi connectivity index (χ1v) is 7.09. The number of halogens is 3. The Bertz CT molecular complexity index is 732. The second kappa shape index (κ2) is 5.14. The monoisotopic (exact) mass is 328 g/mol. The maximum absolute atomic E-state index is 14.7. The molecule has 2 aromatic rings. The van der Waals surface area contributed by atoms with E-state index in [1.165, 1.54) is 12.3 Å². The molecule has 1 saturated heterocycles. The van der Waals surface area contributed by atoms with Crippen LogP contribution in [0.15, 0.2) is 18.3 Å². The lowest BCUT2D eigenvalue weighted by atomic mass is 9.79. The minimum absolute atomic E-state index is 0.00728. The van der Waals surface area contributed by atoms with E-state index in [0.29, 0.717) is 0 Å². The van der Waals surface area contributed by atoms with Crippen LogP contribution in [0.4, 0.5) is 13.2 Å². The van der Waals surface area contributed by atoms with Crippen LogP contribution >= 0.6 is 0 Å². The summed E-state index contributed by atoms with van der Waals surface area (Å²) in [6.45, 7) is 4.41. The third-order valence-corrected chi connectivity index (χ3v) is 4.30. The third-order valence-electron chi connectivity index (χ3n) is 4.30. The van der Waals surface area contributed by atoms with Gasteiger partial charge in [0.05, 0.1) is 11.2 Å². The van der Waals surface area contributed by atoms with Crippen molar-refractivity contribution in [3.63, 3.8) is 0 Å². The summed E-state index contributed by atoms with van der Waals surface area (Å²) in [7, 11) is -0.889. The predicted molar refractivity (Wildman–Crippen MR) is 77.5 cm³/mol. The first kappa shape index (κ1) is 16.1. The van der Waals surface area contributed by atoms with Crippen LogP contribution < -0.4 is 10.2 Å². The quantitative estimate of drug-likeness (QED) is 0.812. The molecule has 0 N–H and O–H groups in total. The van der Waals surface area contributed by atoms with Gasteiger partial charge in [0.1, 0.15) is 11.3 Å². The van der Waals surface area contributed by atoms with Gasteiger partial charge in [-0.25, -0.2) is 8.91 Å². The van der Waals surface area contributed by atoms with Gasteiger partial charge in [0, 0.05) is 17.7 Å². The number of ether oxygens (including phenoxy) is 1. The summed E-state index contributed by atoms with van der Waals surface area (Å²) in [5.74, 6) is -1.01. The van der Waals surface area contributed by atoms with Gasteiger partial charge in [-0.1, -0.05) is 0 Å². The molecule has 0 saturated carbocycles. The van der Waals surface area contributed by atoms with Crippen LogP contribution in [0.3, 0.4) is 0 Å². The zero-order valence-electron chi connectivity index (χ0n) is 13.1. The molecule has 1 fully saturated rings. The van der Waals surface area contributed by atoms with Crippen LogP contribution in [0.1, 0.15) is 27.7 Å². The molecule has 3 rings (SSSR count). The number of fused-ring (bicyclic) bond motifs is 1. The Kier molecular flexibility index (Phi) is 3.60. The Hall–Kier alpha value is -1.74. The van der Waals surface area contributed by atoms with E-state index in [4.69, 9.17) is 9.31 Å². The van der Waals surface area contributed by atoms with Crippen molar-refractivity contribution in [3.8, 4) is 5.88 Å². The number of alkyl halides is 2. The lowest BCUT2D eigenvalue weighted by molar-refractivity contribution is -0.0529. The number of rotatable bonds is 3. The van der Waals surface area contributed by atoms with Crippen LogP contribution in [0, 0.1) is 5.82 Å². The van der Waals surface area contributed by atoms with Crippen molar-refractivity contribution < 1.29 is 27.2 Å². The number of nitrogens with zero attached hydrogens (tertiary/aromatic N) is 2. The smallest absolute Gasteiger partial charge is 0.415 e. The molecule has 1 aliphatic heterocycles. The Morgan fingerprint density at radius 3 is 2.39 bits per heavy atom. The van der Waals surface area contributed by atoms with Gasteiger partial charge in [-0.3, -0.25) is 0 Å². The fourth-order valence-electron chi connectivity index (χ4n) is 2.32. The maximum Gasteiger partial charge on any atom is 0.497 e. The molecule has 0 amide bonds. The van der Waals surface area contributed by atoms with E-state index in [9.17, 15) is 13.2 Å². The Morgan fingerprint density at radius 2 is 1.83 bits per heavy atom. The van der Waals surface area contributed by atoms with E-state index in [1.54, 1.807) is 0 Å². The Balaban J connectivity index is 1.98. The van der Waals surface area contributed by atoms with E-state index >= 15 is 0 Å². The number of aromatic nitrogens is 2. The Morgan fingerprint density at radius 1 is 1.22 bits per heavy atom. The molecular formula is C14H16BF3N2O3. The normalized spacial score (nSPS) is 19.7. The molecule has 124 valence electrons. The summed E-state index contributed by atoms with van der Waals surface area (Å²) < 4.78 is 56.1. The highest BCUT2D eigenvalue weighted by Crippen LogP contribution is 2.36. The van der Waals surface area contributed by atoms with Crippen molar-refractivity contribution in [1.29, 1.82) is 0 Å². The van der Waals surface area contributed by atoms with Gasteiger partial charge >= 0.3 is 13.7 Å². The van der Waals surface area contributed by atoms with Crippen LogP contribution in [0.2, 0.25) is 0 Å². The maximum atomic E-state index is 14.7. The minimum atomic E-state index is -3.02. The van der Waals surface area contributed by atoms with E-state index in [1.807, 2.05) is 27.7 Å². The molecule has 5 nitrogen and oxygen atoms in total. The molecule has 0 radical (unpaired) electrons. The molecule has 0 aromatic carbocycles. The van der Waals surface area contributed by atoms with Crippen molar-refractivity contribution in [2.75, 3.05) is 0 Å². The number of hydrogen-bond donors (Lipinski definition) is 0. The average Bonchev–Trinajstić information content (AvgIpc) is 2.88. The van der Waals surface area contributed by atoms with E-state index < -0.39 is 30.7 Å². The molecule has 1 aliphatic rings. The molecule has 0 spiro atoms. The first-order valence-electron chi connectivity index (χ1n) is 7.09. The lowest BCUT2D eigenvalue weighted by Gasteiger charge is -2.32. The topological polar surface area (TPSA) is 45.0 Å². The molecular weight excluding hydrogens is 312 g/mol. The van der Waals surface area contributed by atoms with Crippen molar-refractivity contribution in [1.82, 2.24) is 9.61 Å². The van der Waals surface area contributed by atoms with Gasteiger partial charge in [0.15, 0.2) is 0 Å². The SMILES string of the molecule is CC1(C)OB(c2ccn3nc(OC(F)F)cc3c2F)OC1(C)C. The first-order chi connectivity index (χ1) is 10.6. The number of hydrogen-bond acceptors (Lipinski definition) is 4. The molecule has 0 atom stereocenters. The lowest BCUT2D eigenvalue weighted by Crippen LogP contribution is -2.41. The zero-order chi connectivity index (χ0) is 17.0. The second-order valence-corrected chi connectivity index (χ2v) is 6.36. The molecule has 0 aliphatic carbocycles. The average molecular weight is 328 g/mol. The molecule has 23 heavy (non-hydrogen) atoms. The summed E-state index contributed by atoms with van der Waals surface area (Å²) in [5, 5.41) is 3.73. The molecule has 2 aromatic heterocycles. The van der Waals surface area contributed by atoms with E-state index in [2.05, 4.69) is 9.84 Å². The fraction of sp³-hybridized carbons (Fsp3) is 0.500. The van der Waals surface area contributed by atoms with Crippen molar-refractivity contribution >= 4 is 18.1 Å². The Labute approximate surface area is 131 Å². The summed E-state index contributed by atoms with van der Waals surface area (Å²) >= 11 is 0. The van der Waals surface area contributed by atoms with Crippen LogP contribution in [0.25, 0.3) is 5.52 Å². The van der Waals surface area contributed by atoms with Gasteiger partial charge in [0.2, 0.25) is 5.88 Å². The van der Waals surface area contributed by atoms with Crippen molar-refractivity contribution in [2.45, 2.75) is 45.5 Å². The third kappa shape index (κ3) is 2.68. The van der Waals surface area contributed by atoms with E-state index in [-0.39, 0.29) is 16.9 Å². The summed E-state index contributed by atoms with van der Waals surface area (Å²) in [6.07, 6.45) is 1.44. The fourth-order valence-corrected chi connectivity index (χ4v) is 2.32. The highest BCUT2D eigenvalue weighted by atomic mass is 19.3. The molecule has 0 unspecified atom stereocenters. The van der Waals surface area contributed by atoms with Crippen LogP contribution in [0.5, 0.6) is 5.88 Å². The van der Waals surface area contributed by atoms with Gasteiger partial charge in [-0.15, -0.1) is 5.10 Å². The molecule has 0 bridgehead atoms. The molecule has 9 heteroatoms.